The third kappa shape index (κ3) is 2.70. The molecule has 3 nitrogen and oxygen atoms in total. The van der Waals surface area contributed by atoms with Gasteiger partial charge < -0.3 is 5.11 Å². The number of aliphatic hydroxyl groups is 1. The highest BCUT2D eigenvalue weighted by molar-refractivity contribution is 9.10. The Morgan fingerprint density at radius 1 is 1.24 bits per heavy atom. The van der Waals surface area contributed by atoms with Crippen LogP contribution in [0.1, 0.15) is 24.3 Å². The third-order valence-corrected chi connectivity index (χ3v) is 3.10. The molecule has 0 unspecified atom stereocenters. The minimum absolute atomic E-state index is 0.533. The molecule has 0 aliphatic carbocycles. The number of aryl methyl sites for hydroxylation is 1. The van der Waals surface area contributed by atoms with E-state index in [1.54, 1.807) is 13.1 Å². The maximum absolute atomic E-state index is 9.52. The van der Waals surface area contributed by atoms with Gasteiger partial charge in [-0.1, -0.05) is 28.1 Å². The first kappa shape index (κ1) is 12.2. The molecule has 0 amide bonds. The molecular weight excluding hydrogens is 280 g/mol. The predicted molar refractivity (Wildman–Crippen MR) is 70.5 cm³/mol. The molecule has 1 aromatic heterocycles. The molecule has 1 aromatic carbocycles. The summed E-state index contributed by atoms with van der Waals surface area (Å²) in [5.41, 5.74) is 2.55. The highest BCUT2D eigenvalue weighted by Gasteiger charge is 2.09. The van der Waals surface area contributed by atoms with Crippen molar-refractivity contribution in [3.63, 3.8) is 0 Å². The van der Waals surface area contributed by atoms with Gasteiger partial charge in [-0.3, -0.25) is 0 Å². The average Bonchev–Trinajstić information content (AvgIpc) is 2.29. The highest BCUT2D eigenvalue weighted by atomic mass is 79.9. The van der Waals surface area contributed by atoms with E-state index in [4.69, 9.17) is 0 Å². The van der Waals surface area contributed by atoms with Crippen LogP contribution in [0.15, 0.2) is 34.9 Å². The molecule has 0 aliphatic rings. The van der Waals surface area contributed by atoms with Gasteiger partial charge in [-0.05, 0) is 26.0 Å². The summed E-state index contributed by atoms with van der Waals surface area (Å²) in [5.74, 6) is 0.680. The Morgan fingerprint density at radius 3 is 2.41 bits per heavy atom. The van der Waals surface area contributed by atoms with Crippen LogP contribution in [0.2, 0.25) is 0 Å². The van der Waals surface area contributed by atoms with Crippen LogP contribution in [-0.4, -0.2) is 15.1 Å². The zero-order chi connectivity index (χ0) is 12.4. The summed E-state index contributed by atoms with van der Waals surface area (Å²) in [5, 5.41) is 9.52. The molecule has 1 atom stereocenters. The number of aromatic nitrogens is 2. The van der Waals surface area contributed by atoms with Crippen molar-refractivity contribution in [3.8, 4) is 11.4 Å². The first-order chi connectivity index (χ1) is 8.08. The molecule has 2 aromatic rings. The van der Waals surface area contributed by atoms with Crippen LogP contribution in [-0.2, 0) is 0 Å². The van der Waals surface area contributed by atoms with E-state index in [0.29, 0.717) is 5.82 Å². The van der Waals surface area contributed by atoms with E-state index in [1.165, 1.54) is 0 Å². The highest BCUT2D eigenvalue weighted by Crippen LogP contribution is 2.21. The Kier molecular flexibility index (Phi) is 3.54. The monoisotopic (exact) mass is 292 g/mol. The van der Waals surface area contributed by atoms with Crippen molar-refractivity contribution >= 4 is 15.9 Å². The SMILES string of the molecule is Cc1nc(-c2ccc(Br)cc2)ncc1[C@H](C)O. The molecule has 0 saturated heterocycles. The molecule has 17 heavy (non-hydrogen) atoms. The van der Waals surface area contributed by atoms with E-state index in [-0.39, 0.29) is 0 Å². The summed E-state index contributed by atoms with van der Waals surface area (Å²) in [6.07, 6.45) is 1.15. The van der Waals surface area contributed by atoms with Crippen LogP contribution in [0.4, 0.5) is 0 Å². The number of rotatable bonds is 2. The van der Waals surface area contributed by atoms with E-state index >= 15 is 0 Å². The Morgan fingerprint density at radius 2 is 1.88 bits per heavy atom. The lowest BCUT2D eigenvalue weighted by atomic mass is 10.1. The van der Waals surface area contributed by atoms with Crippen molar-refractivity contribution in [1.82, 2.24) is 9.97 Å². The fourth-order valence-corrected chi connectivity index (χ4v) is 1.89. The number of aliphatic hydroxyl groups excluding tert-OH is 1. The van der Waals surface area contributed by atoms with Crippen molar-refractivity contribution in [2.75, 3.05) is 0 Å². The average molecular weight is 293 g/mol. The molecule has 1 N–H and O–H groups in total. The molecule has 2 rings (SSSR count). The minimum atomic E-state index is -0.533. The number of hydrogen-bond donors (Lipinski definition) is 1. The standard InChI is InChI=1S/C13H13BrN2O/c1-8-12(9(2)17)7-15-13(16-8)10-3-5-11(14)6-4-10/h3-7,9,17H,1-2H3/t9-/m0/s1. The number of benzene rings is 1. The van der Waals surface area contributed by atoms with Gasteiger partial charge in [0.05, 0.1) is 6.10 Å². The lowest BCUT2D eigenvalue weighted by Crippen LogP contribution is -2.01. The molecule has 0 saturated carbocycles. The molecule has 1 heterocycles. The first-order valence-corrected chi connectivity index (χ1v) is 6.15. The van der Waals surface area contributed by atoms with Gasteiger partial charge in [-0.2, -0.15) is 0 Å². The Balaban J connectivity index is 2.41. The van der Waals surface area contributed by atoms with E-state index in [2.05, 4.69) is 25.9 Å². The Labute approximate surface area is 109 Å². The van der Waals surface area contributed by atoms with Gasteiger partial charge in [0.15, 0.2) is 5.82 Å². The van der Waals surface area contributed by atoms with Crippen LogP contribution in [0.25, 0.3) is 11.4 Å². The van der Waals surface area contributed by atoms with E-state index in [0.717, 1.165) is 21.3 Å². The lowest BCUT2D eigenvalue weighted by Gasteiger charge is -2.09. The minimum Gasteiger partial charge on any atom is -0.389 e. The zero-order valence-corrected chi connectivity index (χ0v) is 11.3. The fraction of sp³-hybridized carbons (Fsp3) is 0.231. The van der Waals surface area contributed by atoms with Crippen LogP contribution >= 0.6 is 15.9 Å². The first-order valence-electron chi connectivity index (χ1n) is 5.35. The zero-order valence-electron chi connectivity index (χ0n) is 9.68. The second kappa shape index (κ2) is 4.94. The number of halogens is 1. The summed E-state index contributed by atoms with van der Waals surface area (Å²) < 4.78 is 1.03. The predicted octanol–water partition coefficient (Wildman–Crippen LogP) is 3.27. The van der Waals surface area contributed by atoms with Crippen molar-refractivity contribution in [3.05, 3.63) is 46.2 Å². The molecular formula is C13H13BrN2O. The molecule has 0 fully saturated rings. The summed E-state index contributed by atoms with van der Waals surface area (Å²) in [6, 6.07) is 7.83. The van der Waals surface area contributed by atoms with Gasteiger partial charge in [0.25, 0.3) is 0 Å². The summed E-state index contributed by atoms with van der Waals surface area (Å²) in [6.45, 7) is 3.59. The summed E-state index contributed by atoms with van der Waals surface area (Å²) in [7, 11) is 0. The fourth-order valence-electron chi connectivity index (χ4n) is 1.62. The summed E-state index contributed by atoms with van der Waals surface area (Å²) in [4.78, 5) is 8.68. The largest absolute Gasteiger partial charge is 0.389 e. The molecule has 0 aliphatic heterocycles. The molecule has 88 valence electrons. The van der Waals surface area contributed by atoms with E-state index in [9.17, 15) is 5.11 Å². The van der Waals surface area contributed by atoms with Crippen LogP contribution in [0.3, 0.4) is 0 Å². The maximum Gasteiger partial charge on any atom is 0.159 e. The third-order valence-electron chi connectivity index (χ3n) is 2.57. The van der Waals surface area contributed by atoms with Gasteiger partial charge in [-0.15, -0.1) is 0 Å². The Hall–Kier alpha value is -1.26. The van der Waals surface area contributed by atoms with E-state index in [1.807, 2.05) is 31.2 Å². The second-order valence-electron chi connectivity index (χ2n) is 3.92. The normalized spacial score (nSPS) is 12.5. The van der Waals surface area contributed by atoms with Gasteiger partial charge in [0.1, 0.15) is 0 Å². The van der Waals surface area contributed by atoms with Gasteiger partial charge >= 0.3 is 0 Å². The van der Waals surface area contributed by atoms with Gasteiger partial charge in [0.2, 0.25) is 0 Å². The van der Waals surface area contributed by atoms with Crippen molar-refractivity contribution in [2.45, 2.75) is 20.0 Å². The molecule has 0 bridgehead atoms. The van der Waals surface area contributed by atoms with Crippen LogP contribution < -0.4 is 0 Å². The second-order valence-corrected chi connectivity index (χ2v) is 4.83. The van der Waals surface area contributed by atoms with Crippen molar-refractivity contribution in [1.29, 1.82) is 0 Å². The summed E-state index contributed by atoms with van der Waals surface area (Å²) >= 11 is 3.39. The van der Waals surface area contributed by atoms with Gasteiger partial charge in [0, 0.05) is 27.5 Å². The molecule has 4 heteroatoms. The quantitative estimate of drug-likeness (QED) is 0.924. The van der Waals surface area contributed by atoms with Gasteiger partial charge in [-0.25, -0.2) is 9.97 Å². The van der Waals surface area contributed by atoms with Crippen LogP contribution in [0.5, 0.6) is 0 Å². The number of hydrogen-bond acceptors (Lipinski definition) is 3. The van der Waals surface area contributed by atoms with Crippen molar-refractivity contribution < 1.29 is 5.11 Å². The molecule has 0 spiro atoms. The van der Waals surface area contributed by atoms with E-state index < -0.39 is 6.10 Å². The number of nitrogens with zero attached hydrogens (tertiary/aromatic N) is 2. The van der Waals surface area contributed by atoms with Crippen molar-refractivity contribution in [2.24, 2.45) is 0 Å². The topological polar surface area (TPSA) is 46.0 Å². The van der Waals surface area contributed by atoms with Crippen LogP contribution in [0, 0.1) is 6.92 Å². The maximum atomic E-state index is 9.52. The lowest BCUT2D eigenvalue weighted by molar-refractivity contribution is 0.197. The Bertz CT molecular complexity index is 523. The molecule has 0 radical (unpaired) electrons. The smallest absolute Gasteiger partial charge is 0.159 e.